The normalized spacial score (nSPS) is 15.0. The zero-order chi connectivity index (χ0) is 15.9. The summed E-state index contributed by atoms with van der Waals surface area (Å²) in [6, 6.07) is 10.1. The Kier molecular flexibility index (Phi) is 6.73. The Labute approximate surface area is 131 Å². The van der Waals surface area contributed by atoms with Crippen molar-refractivity contribution >= 4 is 0 Å². The van der Waals surface area contributed by atoms with Crippen LogP contribution in [-0.2, 0) is 0 Å². The SMILES string of the molecule is CC(C)C(C)(CCCOc1ccccc1)CNC(C)(C)C. The molecule has 21 heavy (non-hydrogen) atoms. The van der Waals surface area contributed by atoms with Gasteiger partial charge in [0.25, 0.3) is 0 Å². The molecule has 1 unspecified atom stereocenters. The molecule has 0 saturated carbocycles. The third-order valence-corrected chi connectivity index (χ3v) is 4.32. The molecule has 1 N–H and O–H groups in total. The first kappa shape index (κ1) is 18.0. The predicted octanol–water partition coefficient (Wildman–Crippen LogP) is 4.90. The van der Waals surface area contributed by atoms with E-state index in [1.165, 1.54) is 6.42 Å². The molecule has 0 spiro atoms. The molecule has 0 radical (unpaired) electrons. The lowest BCUT2D eigenvalue weighted by Crippen LogP contribution is -2.45. The van der Waals surface area contributed by atoms with Crippen molar-refractivity contribution < 1.29 is 4.74 Å². The van der Waals surface area contributed by atoms with Gasteiger partial charge in [-0.05, 0) is 57.1 Å². The predicted molar refractivity (Wildman–Crippen MR) is 91.9 cm³/mol. The molecule has 1 aromatic carbocycles. The van der Waals surface area contributed by atoms with Crippen molar-refractivity contribution in [1.82, 2.24) is 5.32 Å². The van der Waals surface area contributed by atoms with Crippen molar-refractivity contribution in [1.29, 1.82) is 0 Å². The number of ether oxygens (including phenoxy) is 1. The molecule has 0 aliphatic carbocycles. The number of para-hydroxylation sites is 1. The molecule has 0 heterocycles. The summed E-state index contributed by atoms with van der Waals surface area (Å²) in [7, 11) is 0. The van der Waals surface area contributed by atoms with Crippen LogP contribution < -0.4 is 10.1 Å². The highest BCUT2D eigenvalue weighted by molar-refractivity contribution is 5.20. The molecule has 0 aliphatic heterocycles. The maximum atomic E-state index is 5.81. The van der Waals surface area contributed by atoms with Crippen molar-refractivity contribution in [2.75, 3.05) is 13.2 Å². The van der Waals surface area contributed by atoms with E-state index in [1.54, 1.807) is 0 Å². The van der Waals surface area contributed by atoms with Gasteiger partial charge in [0.05, 0.1) is 6.61 Å². The molecular weight excluding hydrogens is 258 g/mol. The fourth-order valence-electron chi connectivity index (χ4n) is 2.23. The number of hydrogen-bond acceptors (Lipinski definition) is 2. The Morgan fingerprint density at radius 3 is 2.19 bits per heavy atom. The van der Waals surface area contributed by atoms with Crippen molar-refractivity contribution in [2.45, 2.75) is 59.9 Å². The Bertz CT molecular complexity index is 394. The summed E-state index contributed by atoms with van der Waals surface area (Å²) in [5.74, 6) is 1.63. The lowest BCUT2D eigenvalue weighted by Gasteiger charge is -2.37. The van der Waals surface area contributed by atoms with Gasteiger partial charge < -0.3 is 10.1 Å². The van der Waals surface area contributed by atoms with E-state index in [9.17, 15) is 0 Å². The van der Waals surface area contributed by atoms with E-state index in [2.05, 4.69) is 46.9 Å². The monoisotopic (exact) mass is 291 g/mol. The second-order valence-electron chi connectivity index (χ2n) is 7.68. The van der Waals surface area contributed by atoms with Crippen LogP contribution in [0.25, 0.3) is 0 Å². The third kappa shape index (κ3) is 6.99. The summed E-state index contributed by atoms with van der Waals surface area (Å²) < 4.78 is 5.81. The van der Waals surface area contributed by atoms with Crippen molar-refractivity contribution in [2.24, 2.45) is 11.3 Å². The van der Waals surface area contributed by atoms with Gasteiger partial charge in [-0.3, -0.25) is 0 Å². The maximum absolute atomic E-state index is 5.81. The average Bonchev–Trinajstić information content (AvgIpc) is 2.42. The van der Waals surface area contributed by atoms with Gasteiger partial charge in [0, 0.05) is 12.1 Å². The second kappa shape index (κ2) is 7.84. The first-order valence-electron chi connectivity index (χ1n) is 8.16. The Morgan fingerprint density at radius 2 is 1.67 bits per heavy atom. The minimum Gasteiger partial charge on any atom is -0.494 e. The molecule has 0 fully saturated rings. The van der Waals surface area contributed by atoms with E-state index in [4.69, 9.17) is 4.74 Å². The number of rotatable bonds is 8. The summed E-state index contributed by atoms with van der Waals surface area (Å²) in [6.45, 7) is 15.6. The number of benzene rings is 1. The van der Waals surface area contributed by atoms with E-state index in [0.29, 0.717) is 11.3 Å². The van der Waals surface area contributed by atoms with Gasteiger partial charge in [0.15, 0.2) is 0 Å². The van der Waals surface area contributed by atoms with Crippen molar-refractivity contribution in [3.8, 4) is 5.75 Å². The number of hydrogen-bond donors (Lipinski definition) is 1. The van der Waals surface area contributed by atoms with Gasteiger partial charge in [0.2, 0.25) is 0 Å². The Morgan fingerprint density at radius 1 is 1.05 bits per heavy atom. The summed E-state index contributed by atoms with van der Waals surface area (Å²) in [5.41, 5.74) is 0.490. The molecule has 0 aromatic heterocycles. The van der Waals surface area contributed by atoms with E-state index >= 15 is 0 Å². The van der Waals surface area contributed by atoms with Gasteiger partial charge in [-0.15, -0.1) is 0 Å². The lowest BCUT2D eigenvalue weighted by atomic mass is 9.75. The van der Waals surface area contributed by atoms with E-state index in [0.717, 1.165) is 25.3 Å². The number of nitrogens with one attached hydrogen (secondary N) is 1. The topological polar surface area (TPSA) is 21.3 Å². The van der Waals surface area contributed by atoms with Crippen molar-refractivity contribution in [3.05, 3.63) is 30.3 Å². The van der Waals surface area contributed by atoms with E-state index < -0.39 is 0 Å². The molecule has 2 heteroatoms. The van der Waals surface area contributed by atoms with Crippen LogP contribution in [0.2, 0.25) is 0 Å². The van der Waals surface area contributed by atoms with Crippen LogP contribution in [0.4, 0.5) is 0 Å². The quantitative estimate of drug-likeness (QED) is 0.688. The molecule has 120 valence electrons. The van der Waals surface area contributed by atoms with Crippen LogP contribution in [-0.4, -0.2) is 18.7 Å². The fraction of sp³-hybridized carbons (Fsp3) is 0.684. The van der Waals surface area contributed by atoms with Crippen LogP contribution in [0.5, 0.6) is 5.75 Å². The van der Waals surface area contributed by atoms with Gasteiger partial charge in [-0.1, -0.05) is 39.0 Å². The highest BCUT2D eigenvalue weighted by atomic mass is 16.5. The van der Waals surface area contributed by atoms with Gasteiger partial charge in [-0.25, -0.2) is 0 Å². The molecule has 1 aromatic rings. The largest absolute Gasteiger partial charge is 0.494 e. The van der Waals surface area contributed by atoms with Gasteiger partial charge in [0.1, 0.15) is 5.75 Å². The van der Waals surface area contributed by atoms with Crippen molar-refractivity contribution in [3.63, 3.8) is 0 Å². The molecular formula is C19H33NO. The molecule has 0 saturated heterocycles. The zero-order valence-electron chi connectivity index (χ0n) is 14.7. The van der Waals surface area contributed by atoms with Crippen LogP contribution in [0, 0.1) is 11.3 Å². The van der Waals surface area contributed by atoms with Crippen LogP contribution >= 0.6 is 0 Å². The molecule has 0 aliphatic rings. The summed E-state index contributed by atoms with van der Waals surface area (Å²) in [6.07, 6.45) is 2.27. The van der Waals surface area contributed by atoms with Crippen LogP contribution in [0.1, 0.15) is 54.4 Å². The molecule has 2 nitrogen and oxygen atoms in total. The zero-order valence-corrected chi connectivity index (χ0v) is 14.7. The molecule has 1 rings (SSSR count). The minimum atomic E-state index is 0.177. The molecule has 0 bridgehead atoms. The van der Waals surface area contributed by atoms with Gasteiger partial charge in [-0.2, -0.15) is 0 Å². The van der Waals surface area contributed by atoms with Crippen LogP contribution in [0.15, 0.2) is 30.3 Å². The summed E-state index contributed by atoms with van der Waals surface area (Å²) in [5, 5.41) is 3.66. The van der Waals surface area contributed by atoms with Gasteiger partial charge >= 0.3 is 0 Å². The molecule has 1 atom stereocenters. The maximum Gasteiger partial charge on any atom is 0.119 e. The highest BCUT2D eigenvalue weighted by Gasteiger charge is 2.29. The average molecular weight is 291 g/mol. The standard InChI is InChI=1S/C19H33NO/c1-16(2)19(6,15-20-18(3,4)5)13-10-14-21-17-11-8-7-9-12-17/h7-9,11-12,16,20H,10,13-15H2,1-6H3. The first-order valence-corrected chi connectivity index (χ1v) is 8.16. The van der Waals surface area contributed by atoms with E-state index in [1.807, 2.05) is 30.3 Å². The fourth-order valence-corrected chi connectivity index (χ4v) is 2.23. The van der Waals surface area contributed by atoms with Crippen LogP contribution in [0.3, 0.4) is 0 Å². The lowest BCUT2D eigenvalue weighted by molar-refractivity contribution is 0.157. The highest BCUT2D eigenvalue weighted by Crippen LogP contribution is 2.32. The third-order valence-electron chi connectivity index (χ3n) is 4.32. The Balaban J connectivity index is 2.40. The van der Waals surface area contributed by atoms with E-state index in [-0.39, 0.29) is 5.54 Å². The second-order valence-corrected chi connectivity index (χ2v) is 7.68. The summed E-state index contributed by atoms with van der Waals surface area (Å²) in [4.78, 5) is 0. The minimum absolute atomic E-state index is 0.177. The smallest absolute Gasteiger partial charge is 0.119 e. The molecule has 0 amide bonds. The summed E-state index contributed by atoms with van der Waals surface area (Å²) >= 11 is 0. The first-order chi connectivity index (χ1) is 9.73. The Hall–Kier alpha value is -1.02.